The number of hydrogen-bond donors (Lipinski definition) is 2. The number of rotatable bonds is 9. The number of nitrogens with one attached hydrogen (secondary N) is 1. The molecule has 0 aliphatic heterocycles. The van der Waals surface area contributed by atoms with E-state index >= 15 is 0 Å². The predicted molar refractivity (Wildman–Crippen MR) is 84.8 cm³/mol. The van der Waals surface area contributed by atoms with Crippen molar-refractivity contribution in [3.8, 4) is 0 Å². The fourth-order valence-electron chi connectivity index (χ4n) is 2.10. The summed E-state index contributed by atoms with van der Waals surface area (Å²) in [4.78, 5) is 25.0. The second-order valence-electron chi connectivity index (χ2n) is 5.41. The fourth-order valence-corrected chi connectivity index (χ4v) is 2.10. The van der Waals surface area contributed by atoms with Crippen LogP contribution >= 0.6 is 0 Å². The highest BCUT2D eigenvalue weighted by molar-refractivity contribution is 5.94. The lowest BCUT2D eigenvalue weighted by atomic mass is 10.1. The van der Waals surface area contributed by atoms with Gasteiger partial charge in [0.2, 0.25) is 11.8 Å². The second kappa shape index (κ2) is 9.89. The van der Waals surface area contributed by atoms with Crippen LogP contribution in [0.1, 0.15) is 32.1 Å². The minimum atomic E-state index is -0.776. The van der Waals surface area contributed by atoms with Gasteiger partial charge in [0.1, 0.15) is 11.6 Å². The summed E-state index contributed by atoms with van der Waals surface area (Å²) in [5.41, 5.74) is 5.41. The Labute approximate surface area is 134 Å². The van der Waals surface area contributed by atoms with Crippen molar-refractivity contribution in [1.29, 1.82) is 0 Å². The third-order valence-electron chi connectivity index (χ3n) is 3.30. The number of nitrogens with two attached hydrogens (primary N) is 1. The molecule has 1 rings (SSSR count). The third kappa shape index (κ3) is 7.69. The molecule has 2 amide bonds. The number of carbonyl (C=O) groups is 2. The van der Waals surface area contributed by atoms with Crippen LogP contribution < -0.4 is 11.1 Å². The van der Waals surface area contributed by atoms with Gasteiger partial charge in [-0.15, -0.1) is 0 Å². The molecule has 128 valence electrons. The van der Waals surface area contributed by atoms with Gasteiger partial charge in [-0.25, -0.2) is 8.78 Å². The number of nitrogens with zero attached hydrogens (tertiary/aromatic N) is 1. The molecule has 0 unspecified atom stereocenters. The summed E-state index contributed by atoms with van der Waals surface area (Å²) < 4.78 is 26.1. The molecule has 5 nitrogen and oxygen atoms in total. The molecule has 0 fully saturated rings. The number of carbonyl (C=O) groups excluding carboxylic acids is 2. The molecule has 0 aromatic heterocycles. The Kier molecular flexibility index (Phi) is 8.18. The van der Waals surface area contributed by atoms with E-state index in [1.165, 1.54) is 11.9 Å². The average molecular weight is 327 g/mol. The highest BCUT2D eigenvalue weighted by Crippen LogP contribution is 2.13. The number of amides is 2. The van der Waals surface area contributed by atoms with E-state index in [4.69, 9.17) is 5.73 Å². The minimum absolute atomic E-state index is 0.0233. The van der Waals surface area contributed by atoms with E-state index in [0.29, 0.717) is 13.0 Å². The molecule has 7 heteroatoms. The number of likely N-dealkylation sites (N-methyl/N-ethyl adjacent to an activating group) is 1. The van der Waals surface area contributed by atoms with Crippen LogP contribution in [0.3, 0.4) is 0 Å². The topological polar surface area (TPSA) is 75.4 Å². The summed E-state index contributed by atoms with van der Waals surface area (Å²) in [5.74, 6) is -2.20. The van der Waals surface area contributed by atoms with Crippen molar-refractivity contribution in [2.45, 2.75) is 32.1 Å². The van der Waals surface area contributed by atoms with Gasteiger partial charge >= 0.3 is 0 Å². The predicted octanol–water partition coefficient (Wildman–Crippen LogP) is 2.27. The van der Waals surface area contributed by atoms with E-state index in [-0.39, 0.29) is 18.1 Å². The first-order valence-electron chi connectivity index (χ1n) is 7.62. The van der Waals surface area contributed by atoms with Crippen molar-refractivity contribution >= 4 is 17.5 Å². The van der Waals surface area contributed by atoms with Crippen molar-refractivity contribution in [2.75, 3.05) is 25.5 Å². The molecular formula is C16H23F2N3O2. The molecule has 0 bridgehead atoms. The van der Waals surface area contributed by atoms with Crippen LogP contribution in [-0.2, 0) is 9.59 Å². The maximum atomic E-state index is 13.0. The summed E-state index contributed by atoms with van der Waals surface area (Å²) in [6.07, 6.45) is 3.96. The maximum absolute atomic E-state index is 13.0. The molecule has 0 aliphatic carbocycles. The van der Waals surface area contributed by atoms with Gasteiger partial charge in [-0.05, 0) is 31.5 Å². The summed E-state index contributed by atoms with van der Waals surface area (Å²) in [6, 6.07) is 2.75. The molecule has 1 aromatic rings. The summed E-state index contributed by atoms with van der Waals surface area (Å²) in [7, 11) is 1.52. The highest BCUT2D eigenvalue weighted by Gasteiger charge is 2.13. The lowest BCUT2D eigenvalue weighted by molar-refractivity contribution is -0.133. The second-order valence-corrected chi connectivity index (χ2v) is 5.41. The van der Waals surface area contributed by atoms with Crippen molar-refractivity contribution in [1.82, 2.24) is 4.90 Å². The van der Waals surface area contributed by atoms with Gasteiger partial charge < -0.3 is 16.0 Å². The lowest BCUT2D eigenvalue weighted by Crippen LogP contribution is -2.34. The average Bonchev–Trinajstić information content (AvgIpc) is 2.45. The largest absolute Gasteiger partial charge is 0.336 e. The first kappa shape index (κ1) is 19.0. The molecule has 3 N–H and O–H groups in total. The number of unbranched alkanes of at least 4 members (excludes halogenated alkanes) is 3. The van der Waals surface area contributed by atoms with Gasteiger partial charge in [-0.1, -0.05) is 12.8 Å². The molecule has 0 atom stereocenters. The van der Waals surface area contributed by atoms with Crippen LogP contribution in [0.15, 0.2) is 18.2 Å². The summed E-state index contributed by atoms with van der Waals surface area (Å²) in [6.45, 7) is 0.481. The molecule has 1 aromatic carbocycles. The minimum Gasteiger partial charge on any atom is -0.336 e. The van der Waals surface area contributed by atoms with E-state index in [1.54, 1.807) is 0 Å². The van der Waals surface area contributed by atoms with Crippen LogP contribution in [-0.4, -0.2) is 36.9 Å². The Balaban J connectivity index is 2.36. The zero-order chi connectivity index (χ0) is 17.2. The van der Waals surface area contributed by atoms with Crippen LogP contribution in [0.5, 0.6) is 0 Å². The zero-order valence-electron chi connectivity index (χ0n) is 13.3. The van der Waals surface area contributed by atoms with Crippen molar-refractivity contribution in [3.63, 3.8) is 0 Å². The van der Waals surface area contributed by atoms with E-state index < -0.39 is 17.5 Å². The molecular weight excluding hydrogens is 304 g/mol. The molecule has 0 saturated carbocycles. The molecule has 23 heavy (non-hydrogen) atoms. The smallest absolute Gasteiger partial charge is 0.243 e. The zero-order valence-corrected chi connectivity index (χ0v) is 13.3. The van der Waals surface area contributed by atoms with Gasteiger partial charge in [0.25, 0.3) is 0 Å². The lowest BCUT2D eigenvalue weighted by Gasteiger charge is -2.17. The molecule has 0 saturated heterocycles. The Morgan fingerprint density at radius 3 is 2.30 bits per heavy atom. The van der Waals surface area contributed by atoms with Gasteiger partial charge in [-0.2, -0.15) is 0 Å². The van der Waals surface area contributed by atoms with Crippen molar-refractivity contribution in [2.24, 2.45) is 5.73 Å². The van der Waals surface area contributed by atoms with Gasteiger partial charge in [0, 0.05) is 25.2 Å². The summed E-state index contributed by atoms with van der Waals surface area (Å²) >= 11 is 0. The quantitative estimate of drug-likeness (QED) is 0.683. The van der Waals surface area contributed by atoms with Gasteiger partial charge in [0.05, 0.1) is 6.54 Å². The molecule has 0 aliphatic rings. The van der Waals surface area contributed by atoms with Gasteiger partial charge in [-0.3, -0.25) is 9.59 Å². The number of halogens is 2. The van der Waals surface area contributed by atoms with Crippen LogP contribution in [0.4, 0.5) is 14.5 Å². The van der Waals surface area contributed by atoms with E-state index in [0.717, 1.165) is 43.9 Å². The van der Waals surface area contributed by atoms with E-state index in [9.17, 15) is 18.4 Å². The first-order chi connectivity index (χ1) is 10.9. The first-order valence-corrected chi connectivity index (χ1v) is 7.62. The van der Waals surface area contributed by atoms with E-state index in [1.807, 2.05) is 0 Å². The maximum Gasteiger partial charge on any atom is 0.243 e. The Morgan fingerprint density at radius 1 is 1.09 bits per heavy atom. The SMILES string of the molecule is CN(CC(=O)Nc1cc(F)cc(F)c1)C(=O)CCCCCCN. The molecule has 0 heterocycles. The Hall–Kier alpha value is -2.02. The molecule has 0 spiro atoms. The van der Waals surface area contributed by atoms with E-state index in [2.05, 4.69) is 5.32 Å². The normalized spacial score (nSPS) is 10.4. The van der Waals surface area contributed by atoms with Crippen LogP contribution in [0.25, 0.3) is 0 Å². The van der Waals surface area contributed by atoms with Crippen LogP contribution in [0, 0.1) is 11.6 Å². The van der Waals surface area contributed by atoms with Crippen molar-refractivity contribution in [3.05, 3.63) is 29.8 Å². The standard InChI is InChI=1S/C16H23F2N3O2/c1-21(16(23)6-4-2-3-5-7-19)11-15(22)20-14-9-12(17)8-13(18)10-14/h8-10H,2-7,11,19H2,1H3,(H,20,22). The fraction of sp³-hybridized carbons (Fsp3) is 0.500. The highest BCUT2D eigenvalue weighted by atomic mass is 19.1. The van der Waals surface area contributed by atoms with Gasteiger partial charge in [0.15, 0.2) is 0 Å². The number of benzene rings is 1. The monoisotopic (exact) mass is 327 g/mol. The Morgan fingerprint density at radius 2 is 1.70 bits per heavy atom. The van der Waals surface area contributed by atoms with Crippen molar-refractivity contribution < 1.29 is 18.4 Å². The third-order valence-corrected chi connectivity index (χ3v) is 3.30. The van der Waals surface area contributed by atoms with Crippen LogP contribution in [0.2, 0.25) is 0 Å². The number of anilines is 1. The molecule has 0 radical (unpaired) electrons. The Bertz CT molecular complexity index is 518. The summed E-state index contributed by atoms with van der Waals surface area (Å²) in [5, 5.41) is 2.37. The number of hydrogen-bond acceptors (Lipinski definition) is 3.